The fourth-order valence-electron chi connectivity index (χ4n) is 4.24. The lowest BCUT2D eigenvalue weighted by atomic mass is 9.95. The number of ether oxygens (including phenoxy) is 1. The highest BCUT2D eigenvalue weighted by molar-refractivity contribution is 5.91. The maximum Gasteiger partial charge on any atom is 0.289 e. The number of carbonyl (C=O) groups is 2. The van der Waals surface area contributed by atoms with Crippen molar-refractivity contribution in [1.82, 2.24) is 15.1 Å². The molecular formula is C20H31N3O4. The van der Waals surface area contributed by atoms with Gasteiger partial charge in [0.1, 0.15) is 0 Å². The molecule has 2 amide bonds. The van der Waals surface area contributed by atoms with E-state index in [4.69, 9.17) is 9.15 Å². The van der Waals surface area contributed by atoms with Crippen LogP contribution in [0.3, 0.4) is 0 Å². The van der Waals surface area contributed by atoms with E-state index >= 15 is 0 Å². The largest absolute Gasteiger partial charge is 0.459 e. The van der Waals surface area contributed by atoms with Crippen molar-refractivity contribution >= 4 is 11.8 Å². The van der Waals surface area contributed by atoms with E-state index in [-0.39, 0.29) is 17.9 Å². The molecule has 3 rings (SSSR count). The number of carbonyl (C=O) groups excluding carboxylic acids is 2. The van der Waals surface area contributed by atoms with Crippen LogP contribution in [-0.2, 0) is 9.53 Å². The Labute approximate surface area is 161 Å². The molecule has 0 spiro atoms. The summed E-state index contributed by atoms with van der Waals surface area (Å²) in [5.74, 6) is 0.858. The molecule has 7 heteroatoms. The number of piperazine rings is 1. The van der Waals surface area contributed by atoms with Crippen molar-refractivity contribution in [2.75, 3.05) is 46.4 Å². The molecule has 1 N–H and O–H groups in total. The Morgan fingerprint density at radius 2 is 2.00 bits per heavy atom. The van der Waals surface area contributed by atoms with E-state index in [1.165, 1.54) is 19.1 Å². The maximum atomic E-state index is 12.9. The Morgan fingerprint density at radius 1 is 1.26 bits per heavy atom. The fourth-order valence-corrected chi connectivity index (χ4v) is 4.24. The first kappa shape index (κ1) is 19.9. The molecule has 2 aliphatic rings. The fraction of sp³-hybridized carbons (Fsp3) is 0.700. The molecule has 150 valence electrons. The second-order valence-electron chi connectivity index (χ2n) is 7.43. The van der Waals surface area contributed by atoms with Crippen molar-refractivity contribution in [2.45, 2.75) is 38.1 Å². The molecule has 0 unspecified atom stereocenters. The summed E-state index contributed by atoms with van der Waals surface area (Å²) >= 11 is 0. The molecule has 1 aliphatic heterocycles. The molecule has 1 saturated carbocycles. The van der Waals surface area contributed by atoms with Crippen LogP contribution in [0.5, 0.6) is 0 Å². The molecule has 1 aromatic heterocycles. The van der Waals surface area contributed by atoms with Crippen LogP contribution >= 0.6 is 0 Å². The van der Waals surface area contributed by atoms with Crippen molar-refractivity contribution in [1.29, 1.82) is 0 Å². The molecule has 7 nitrogen and oxygen atoms in total. The molecule has 0 aromatic carbocycles. The van der Waals surface area contributed by atoms with Gasteiger partial charge in [-0.2, -0.15) is 0 Å². The first-order valence-corrected chi connectivity index (χ1v) is 10.0. The third-order valence-corrected chi connectivity index (χ3v) is 5.67. The predicted molar refractivity (Wildman–Crippen MR) is 101 cm³/mol. The molecule has 1 aliphatic carbocycles. The van der Waals surface area contributed by atoms with Crippen molar-refractivity contribution in [3.63, 3.8) is 0 Å². The number of hydrogen-bond acceptors (Lipinski definition) is 5. The average Bonchev–Trinajstić information content (AvgIpc) is 3.40. The van der Waals surface area contributed by atoms with E-state index in [2.05, 4.69) is 10.2 Å². The van der Waals surface area contributed by atoms with E-state index < -0.39 is 0 Å². The van der Waals surface area contributed by atoms with Crippen LogP contribution in [0, 0.1) is 5.92 Å². The van der Waals surface area contributed by atoms with Gasteiger partial charge in [-0.25, -0.2) is 0 Å². The van der Waals surface area contributed by atoms with Crippen molar-refractivity contribution in [3.8, 4) is 0 Å². The highest BCUT2D eigenvalue weighted by Gasteiger charge is 2.37. The Balaban J connectivity index is 1.57. The minimum atomic E-state index is -0.0871. The van der Waals surface area contributed by atoms with Gasteiger partial charge in [-0.1, -0.05) is 12.8 Å². The van der Waals surface area contributed by atoms with E-state index in [1.54, 1.807) is 19.2 Å². The lowest BCUT2D eigenvalue weighted by molar-refractivity contribution is -0.129. The smallest absolute Gasteiger partial charge is 0.289 e. The average molecular weight is 377 g/mol. The molecule has 1 saturated heterocycles. The van der Waals surface area contributed by atoms with Gasteiger partial charge in [-0.05, 0) is 37.3 Å². The first-order valence-electron chi connectivity index (χ1n) is 10.0. The van der Waals surface area contributed by atoms with Crippen LogP contribution in [-0.4, -0.2) is 74.1 Å². The van der Waals surface area contributed by atoms with Gasteiger partial charge in [0, 0.05) is 46.4 Å². The SMILES string of the molecule is COCCCNC(=O)[C@@H](C1CCCC1)N1CCN(C(=O)c2ccco2)CC1. The quantitative estimate of drug-likeness (QED) is 0.699. The summed E-state index contributed by atoms with van der Waals surface area (Å²) in [5.41, 5.74) is 0. The van der Waals surface area contributed by atoms with Crippen LogP contribution in [0.25, 0.3) is 0 Å². The maximum absolute atomic E-state index is 12.9. The van der Waals surface area contributed by atoms with E-state index in [0.29, 0.717) is 37.9 Å². The Morgan fingerprint density at radius 3 is 2.63 bits per heavy atom. The number of nitrogens with zero attached hydrogens (tertiary/aromatic N) is 2. The van der Waals surface area contributed by atoms with Crippen molar-refractivity contribution < 1.29 is 18.7 Å². The second-order valence-corrected chi connectivity index (χ2v) is 7.43. The standard InChI is InChI=1S/C20H31N3O4/c1-26-14-5-9-21-19(24)18(16-6-2-3-7-16)22-10-12-23(13-11-22)20(25)17-8-4-15-27-17/h4,8,15-16,18H,2-3,5-7,9-14H2,1H3,(H,21,24)/t18-/m1/s1. The second kappa shape index (κ2) is 9.90. The number of amides is 2. The van der Waals surface area contributed by atoms with E-state index in [9.17, 15) is 9.59 Å². The summed E-state index contributed by atoms with van der Waals surface area (Å²) in [7, 11) is 1.67. The van der Waals surface area contributed by atoms with Gasteiger partial charge in [0.2, 0.25) is 5.91 Å². The van der Waals surface area contributed by atoms with Gasteiger partial charge >= 0.3 is 0 Å². The van der Waals surface area contributed by atoms with Gasteiger partial charge in [0.25, 0.3) is 5.91 Å². The molecule has 0 radical (unpaired) electrons. The summed E-state index contributed by atoms with van der Waals surface area (Å²) in [6, 6.07) is 3.34. The van der Waals surface area contributed by atoms with Crippen molar-refractivity contribution in [2.24, 2.45) is 5.92 Å². The van der Waals surface area contributed by atoms with Crippen LogP contribution < -0.4 is 5.32 Å². The van der Waals surface area contributed by atoms with E-state index in [0.717, 1.165) is 32.4 Å². The predicted octanol–water partition coefficient (Wildman–Crippen LogP) is 1.75. The molecule has 1 atom stereocenters. The molecule has 0 bridgehead atoms. The number of nitrogens with one attached hydrogen (secondary N) is 1. The first-order chi connectivity index (χ1) is 13.2. The Kier molecular flexibility index (Phi) is 7.29. The zero-order valence-electron chi connectivity index (χ0n) is 16.2. The van der Waals surface area contributed by atoms with Gasteiger partial charge in [-0.15, -0.1) is 0 Å². The number of rotatable bonds is 8. The Hall–Kier alpha value is -1.86. The van der Waals surface area contributed by atoms with Gasteiger partial charge < -0.3 is 19.4 Å². The number of furan rings is 1. The number of methoxy groups -OCH3 is 1. The molecule has 2 heterocycles. The minimum Gasteiger partial charge on any atom is -0.459 e. The Bertz CT molecular complexity index is 590. The van der Waals surface area contributed by atoms with Gasteiger partial charge in [0.05, 0.1) is 12.3 Å². The summed E-state index contributed by atoms with van der Waals surface area (Å²) < 4.78 is 10.3. The highest BCUT2D eigenvalue weighted by Crippen LogP contribution is 2.31. The normalized spacial score (nSPS) is 20.0. The molecular weight excluding hydrogens is 346 g/mol. The summed E-state index contributed by atoms with van der Waals surface area (Å²) in [5, 5.41) is 3.09. The zero-order chi connectivity index (χ0) is 19.1. The third kappa shape index (κ3) is 5.11. The highest BCUT2D eigenvalue weighted by atomic mass is 16.5. The minimum absolute atomic E-state index is 0.0684. The van der Waals surface area contributed by atoms with Crippen LogP contribution in [0.15, 0.2) is 22.8 Å². The zero-order valence-corrected chi connectivity index (χ0v) is 16.2. The summed E-state index contributed by atoms with van der Waals surface area (Å²) in [4.78, 5) is 29.4. The molecule has 2 fully saturated rings. The van der Waals surface area contributed by atoms with Crippen LogP contribution in [0.1, 0.15) is 42.7 Å². The lowest BCUT2D eigenvalue weighted by Gasteiger charge is -2.40. The van der Waals surface area contributed by atoms with Gasteiger partial charge in [-0.3, -0.25) is 14.5 Å². The molecule has 27 heavy (non-hydrogen) atoms. The van der Waals surface area contributed by atoms with Crippen molar-refractivity contribution in [3.05, 3.63) is 24.2 Å². The topological polar surface area (TPSA) is 75.0 Å². The van der Waals surface area contributed by atoms with Crippen LogP contribution in [0.2, 0.25) is 0 Å². The van der Waals surface area contributed by atoms with Crippen LogP contribution in [0.4, 0.5) is 0 Å². The van der Waals surface area contributed by atoms with E-state index in [1.807, 2.05) is 4.90 Å². The monoisotopic (exact) mass is 377 g/mol. The lowest BCUT2D eigenvalue weighted by Crippen LogP contribution is -2.58. The summed E-state index contributed by atoms with van der Waals surface area (Å²) in [6.45, 7) is 3.99. The van der Waals surface area contributed by atoms with Gasteiger partial charge in [0.15, 0.2) is 5.76 Å². The number of hydrogen-bond donors (Lipinski definition) is 1. The summed E-state index contributed by atoms with van der Waals surface area (Å²) in [6.07, 6.45) is 6.98. The molecule has 1 aromatic rings. The third-order valence-electron chi connectivity index (χ3n) is 5.67.